The third-order valence-corrected chi connectivity index (χ3v) is 7.50. The average molecular weight is 503 g/mol. The molecule has 4 rings (SSSR count). The standard InChI is InChI=1S/C31H38N2O4/c34-27-11-4-1-3-9-25(21-27)22-28(35)20-24-16-14-23(15-17-24)19-26-10-6-7-12-29(26)32-31(37)33-18-8-2-5-13-30(33)36/h6-7,10,12,14-17,25H,1-5,8-9,11,13,18-22H2,(H,32,37). The fourth-order valence-corrected chi connectivity index (χ4v) is 5.43. The Balaban J connectivity index is 1.33. The molecule has 1 aliphatic carbocycles. The van der Waals surface area contributed by atoms with Gasteiger partial charge in [0.2, 0.25) is 5.91 Å². The van der Waals surface area contributed by atoms with Crippen LogP contribution in [0.2, 0.25) is 0 Å². The van der Waals surface area contributed by atoms with Crippen LogP contribution in [0.5, 0.6) is 0 Å². The summed E-state index contributed by atoms with van der Waals surface area (Å²) in [5.74, 6) is 0.577. The number of anilines is 1. The van der Waals surface area contributed by atoms with Gasteiger partial charge in [-0.05, 0) is 60.8 Å². The van der Waals surface area contributed by atoms with Crippen LogP contribution in [-0.4, -0.2) is 34.9 Å². The van der Waals surface area contributed by atoms with Gasteiger partial charge in [-0.1, -0.05) is 61.7 Å². The first kappa shape index (κ1) is 26.8. The summed E-state index contributed by atoms with van der Waals surface area (Å²) < 4.78 is 0. The normalized spacial score (nSPS) is 19.0. The SMILES string of the molecule is O=C1CCCCCC(CC(=O)Cc2ccc(Cc3ccccc3NC(=O)N3CCCCCC3=O)cc2)C1. The second-order valence-electron chi connectivity index (χ2n) is 10.6. The lowest BCUT2D eigenvalue weighted by Gasteiger charge is -2.20. The molecule has 1 N–H and O–H groups in total. The highest BCUT2D eigenvalue weighted by Crippen LogP contribution is 2.25. The van der Waals surface area contributed by atoms with E-state index in [0.29, 0.717) is 56.5 Å². The van der Waals surface area contributed by atoms with E-state index in [4.69, 9.17) is 0 Å². The number of amides is 3. The molecule has 196 valence electrons. The minimum atomic E-state index is -0.362. The molecule has 6 nitrogen and oxygen atoms in total. The summed E-state index contributed by atoms with van der Waals surface area (Å²) in [7, 11) is 0. The summed E-state index contributed by atoms with van der Waals surface area (Å²) in [6, 6.07) is 15.3. The molecule has 0 bridgehead atoms. The quantitative estimate of drug-likeness (QED) is 0.485. The first-order valence-corrected chi connectivity index (χ1v) is 13.8. The van der Waals surface area contributed by atoms with Crippen molar-refractivity contribution in [2.24, 2.45) is 5.92 Å². The Hall–Kier alpha value is -3.28. The van der Waals surface area contributed by atoms with Crippen LogP contribution >= 0.6 is 0 Å². The molecule has 2 aromatic rings. The molecule has 37 heavy (non-hydrogen) atoms. The fraction of sp³-hybridized carbons (Fsp3) is 0.484. The number of nitrogens with one attached hydrogen (secondary N) is 1. The lowest BCUT2D eigenvalue weighted by atomic mass is 9.86. The maximum Gasteiger partial charge on any atom is 0.328 e. The van der Waals surface area contributed by atoms with Crippen molar-refractivity contribution < 1.29 is 19.2 Å². The zero-order valence-electron chi connectivity index (χ0n) is 21.7. The van der Waals surface area contributed by atoms with Gasteiger partial charge < -0.3 is 5.32 Å². The predicted molar refractivity (Wildman–Crippen MR) is 144 cm³/mol. The first-order valence-electron chi connectivity index (χ1n) is 13.8. The molecule has 1 saturated carbocycles. The Morgan fingerprint density at radius 2 is 1.57 bits per heavy atom. The fourth-order valence-electron chi connectivity index (χ4n) is 5.43. The van der Waals surface area contributed by atoms with Crippen molar-refractivity contribution in [2.45, 2.75) is 83.5 Å². The molecule has 1 saturated heterocycles. The molecule has 0 spiro atoms. The summed E-state index contributed by atoms with van der Waals surface area (Å²) in [6.45, 7) is 0.462. The van der Waals surface area contributed by atoms with E-state index in [1.165, 1.54) is 4.90 Å². The van der Waals surface area contributed by atoms with E-state index in [9.17, 15) is 19.2 Å². The van der Waals surface area contributed by atoms with Crippen LogP contribution in [0.25, 0.3) is 0 Å². The monoisotopic (exact) mass is 502 g/mol. The maximum absolute atomic E-state index is 12.8. The summed E-state index contributed by atoms with van der Waals surface area (Å²) in [5, 5.41) is 2.94. The largest absolute Gasteiger partial charge is 0.328 e. The summed E-state index contributed by atoms with van der Waals surface area (Å²) >= 11 is 0. The zero-order chi connectivity index (χ0) is 26.0. The number of rotatable bonds is 7. The van der Waals surface area contributed by atoms with Crippen molar-refractivity contribution in [3.8, 4) is 0 Å². The summed E-state index contributed by atoms with van der Waals surface area (Å²) in [6.07, 6.45) is 9.93. The summed E-state index contributed by atoms with van der Waals surface area (Å²) in [5.41, 5.74) is 3.73. The van der Waals surface area contributed by atoms with E-state index in [-0.39, 0.29) is 23.6 Å². The van der Waals surface area contributed by atoms with Gasteiger partial charge in [0.05, 0.1) is 0 Å². The lowest BCUT2D eigenvalue weighted by molar-refractivity contribution is -0.127. The van der Waals surface area contributed by atoms with Gasteiger partial charge in [-0.15, -0.1) is 0 Å². The number of carbonyl (C=O) groups excluding carboxylic acids is 4. The van der Waals surface area contributed by atoms with Crippen molar-refractivity contribution in [3.05, 3.63) is 65.2 Å². The third-order valence-electron chi connectivity index (χ3n) is 7.50. The van der Waals surface area contributed by atoms with E-state index < -0.39 is 0 Å². The number of benzene rings is 2. The Morgan fingerprint density at radius 1 is 0.838 bits per heavy atom. The molecule has 2 fully saturated rings. The van der Waals surface area contributed by atoms with Gasteiger partial charge in [-0.25, -0.2) is 4.79 Å². The number of urea groups is 1. The van der Waals surface area contributed by atoms with Crippen LogP contribution < -0.4 is 5.32 Å². The highest BCUT2D eigenvalue weighted by molar-refractivity contribution is 6.01. The van der Waals surface area contributed by atoms with E-state index in [1.807, 2.05) is 48.5 Å². The second kappa shape index (κ2) is 13.3. The molecule has 3 amide bonds. The lowest BCUT2D eigenvalue weighted by Crippen LogP contribution is -2.39. The smallest absolute Gasteiger partial charge is 0.307 e. The molecule has 0 radical (unpaired) electrons. The molecule has 1 atom stereocenters. The van der Waals surface area contributed by atoms with Gasteiger partial charge in [0.1, 0.15) is 11.6 Å². The Bertz CT molecular complexity index is 1110. The van der Waals surface area contributed by atoms with Gasteiger partial charge in [0, 0.05) is 44.3 Å². The van der Waals surface area contributed by atoms with E-state index in [0.717, 1.165) is 61.6 Å². The van der Waals surface area contributed by atoms with Gasteiger partial charge >= 0.3 is 6.03 Å². The Morgan fingerprint density at radius 3 is 2.41 bits per heavy atom. The molecule has 2 aliphatic rings. The van der Waals surface area contributed by atoms with Crippen LogP contribution in [0.4, 0.5) is 10.5 Å². The Labute approximate surface area is 219 Å². The molecule has 2 aromatic carbocycles. The maximum atomic E-state index is 12.8. The predicted octanol–water partition coefficient (Wildman–Crippen LogP) is 6.25. The van der Waals surface area contributed by atoms with E-state index in [2.05, 4.69) is 5.32 Å². The van der Waals surface area contributed by atoms with Crippen LogP contribution in [0.1, 0.15) is 87.3 Å². The van der Waals surface area contributed by atoms with Gasteiger partial charge in [0.15, 0.2) is 0 Å². The number of ketones is 2. The molecule has 6 heteroatoms. The topological polar surface area (TPSA) is 83.6 Å². The minimum Gasteiger partial charge on any atom is -0.307 e. The van der Waals surface area contributed by atoms with Crippen LogP contribution in [0, 0.1) is 5.92 Å². The van der Waals surface area contributed by atoms with Gasteiger partial charge in [-0.2, -0.15) is 0 Å². The van der Waals surface area contributed by atoms with E-state index >= 15 is 0 Å². The van der Waals surface area contributed by atoms with Gasteiger partial charge in [0.25, 0.3) is 0 Å². The van der Waals surface area contributed by atoms with Crippen LogP contribution in [-0.2, 0) is 27.2 Å². The molecule has 1 aliphatic heterocycles. The number of hydrogen-bond acceptors (Lipinski definition) is 4. The third kappa shape index (κ3) is 8.11. The van der Waals surface area contributed by atoms with Crippen LogP contribution in [0.3, 0.4) is 0 Å². The second-order valence-corrected chi connectivity index (χ2v) is 10.6. The van der Waals surface area contributed by atoms with Crippen molar-refractivity contribution in [1.29, 1.82) is 0 Å². The number of hydrogen-bond donors (Lipinski definition) is 1. The highest BCUT2D eigenvalue weighted by atomic mass is 16.2. The number of nitrogens with zero attached hydrogens (tertiary/aromatic N) is 1. The van der Waals surface area contributed by atoms with Crippen molar-refractivity contribution in [2.75, 3.05) is 11.9 Å². The number of likely N-dealkylation sites (tertiary alicyclic amines) is 1. The zero-order valence-corrected chi connectivity index (χ0v) is 21.7. The molecular weight excluding hydrogens is 464 g/mol. The van der Waals surface area contributed by atoms with Crippen LogP contribution in [0.15, 0.2) is 48.5 Å². The highest BCUT2D eigenvalue weighted by Gasteiger charge is 2.24. The first-order chi connectivity index (χ1) is 18.0. The van der Waals surface area contributed by atoms with Crippen molar-refractivity contribution >= 4 is 29.2 Å². The number of imide groups is 1. The average Bonchev–Trinajstić information content (AvgIpc) is 3.09. The number of carbonyl (C=O) groups is 4. The molecule has 1 heterocycles. The van der Waals surface area contributed by atoms with Crippen molar-refractivity contribution in [1.82, 2.24) is 4.90 Å². The van der Waals surface area contributed by atoms with Crippen molar-refractivity contribution in [3.63, 3.8) is 0 Å². The molecular formula is C31H38N2O4. The number of Topliss-reactive ketones (excluding diaryl/α,β-unsaturated/α-hetero) is 2. The molecule has 1 unspecified atom stereocenters. The number of para-hydroxylation sites is 1. The molecule has 0 aromatic heterocycles. The van der Waals surface area contributed by atoms with Gasteiger partial charge in [-0.3, -0.25) is 19.3 Å². The van der Waals surface area contributed by atoms with E-state index in [1.54, 1.807) is 0 Å². The minimum absolute atomic E-state index is 0.112. The summed E-state index contributed by atoms with van der Waals surface area (Å²) in [4.78, 5) is 51.2. The Kier molecular flexibility index (Phi) is 9.64.